The van der Waals surface area contributed by atoms with E-state index in [-0.39, 0.29) is 29.6 Å². The highest BCUT2D eigenvalue weighted by molar-refractivity contribution is 7.96. The van der Waals surface area contributed by atoms with E-state index in [0.29, 0.717) is 38.0 Å². The lowest BCUT2D eigenvalue weighted by Crippen LogP contribution is -2.47. The Morgan fingerprint density at radius 1 is 1.04 bits per heavy atom. The molecular formula is C19H37N3O3S. The Kier molecular flexibility index (Phi) is 11.1. The van der Waals surface area contributed by atoms with E-state index in [9.17, 15) is 14.4 Å². The molecule has 0 bridgehead atoms. The number of ketones is 1. The number of Topliss-reactive ketones (excluding diaryl/α,β-unsaturated/α-hetero) is 1. The third kappa shape index (κ3) is 11.5. The number of amides is 2. The number of primary amides is 1. The van der Waals surface area contributed by atoms with E-state index >= 15 is 0 Å². The molecule has 6 nitrogen and oxygen atoms in total. The normalized spacial score (nSPS) is 14.1. The largest absolute Gasteiger partial charge is 0.370 e. The van der Waals surface area contributed by atoms with E-state index in [1.807, 2.05) is 20.1 Å². The minimum atomic E-state index is -0.459. The van der Waals surface area contributed by atoms with Crippen molar-refractivity contribution in [1.82, 2.24) is 10.0 Å². The van der Waals surface area contributed by atoms with Crippen LogP contribution in [-0.2, 0) is 14.4 Å². The van der Waals surface area contributed by atoms with Crippen LogP contribution in [0.4, 0.5) is 0 Å². The molecule has 0 aromatic heterocycles. The molecular weight excluding hydrogens is 350 g/mol. The second kappa shape index (κ2) is 11.6. The van der Waals surface area contributed by atoms with E-state index in [4.69, 9.17) is 5.73 Å². The van der Waals surface area contributed by atoms with Crippen molar-refractivity contribution in [3.63, 3.8) is 0 Å². The monoisotopic (exact) mass is 387 g/mol. The third-order valence-electron chi connectivity index (χ3n) is 4.35. The molecule has 1 unspecified atom stereocenters. The minimum absolute atomic E-state index is 0.00942. The van der Waals surface area contributed by atoms with Gasteiger partial charge in [0, 0.05) is 30.3 Å². The summed E-state index contributed by atoms with van der Waals surface area (Å²) < 4.78 is 3.33. The van der Waals surface area contributed by atoms with Gasteiger partial charge in [0.15, 0.2) is 0 Å². The van der Waals surface area contributed by atoms with Gasteiger partial charge in [-0.3, -0.25) is 14.3 Å². The lowest BCUT2D eigenvalue weighted by atomic mass is 9.83. The summed E-state index contributed by atoms with van der Waals surface area (Å²) in [6, 6.07) is 0. The smallest absolute Gasteiger partial charge is 0.220 e. The summed E-state index contributed by atoms with van der Waals surface area (Å²) in [6.45, 7) is 9.88. The van der Waals surface area contributed by atoms with Crippen molar-refractivity contribution in [3.05, 3.63) is 0 Å². The summed E-state index contributed by atoms with van der Waals surface area (Å²) in [5, 5.41) is 3.10. The van der Waals surface area contributed by atoms with Crippen LogP contribution in [0.2, 0.25) is 0 Å². The van der Waals surface area contributed by atoms with E-state index in [2.05, 4.69) is 23.9 Å². The van der Waals surface area contributed by atoms with Gasteiger partial charge in [-0.1, -0.05) is 25.8 Å². The third-order valence-corrected chi connectivity index (χ3v) is 4.99. The molecule has 0 heterocycles. The summed E-state index contributed by atoms with van der Waals surface area (Å²) in [6.07, 6.45) is 5.43. The van der Waals surface area contributed by atoms with Gasteiger partial charge in [0.25, 0.3) is 0 Å². The van der Waals surface area contributed by atoms with Crippen molar-refractivity contribution in [2.45, 2.75) is 90.6 Å². The van der Waals surface area contributed by atoms with Crippen LogP contribution >= 0.6 is 11.9 Å². The van der Waals surface area contributed by atoms with Crippen LogP contribution in [0.25, 0.3) is 0 Å². The van der Waals surface area contributed by atoms with Gasteiger partial charge in [0.1, 0.15) is 5.78 Å². The van der Waals surface area contributed by atoms with Crippen molar-refractivity contribution < 1.29 is 14.4 Å². The zero-order valence-corrected chi connectivity index (χ0v) is 18.1. The van der Waals surface area contributed by atoms with Crippen LogP contribution in [0.1, 0.15) is 79.6 Å². The molecule has 1 atom stereocenters. The van der Waals surface area contributed by atoms with Crippen molar-refractivity contribution in [3.8, 4) is 0 Å². The lowest BCUT2D eigenvalue weighted by Gasteiger charge is -2.35. The van der Waals surface area contributed by atoms with Crippen LogP contribution in [0.3, 0.4) is 0 Å². The molecule has 0 aliphatic heterocycles. The molecule has 0 aromatic rings. The maximum absolute atomic E-state index is 12.5. The first-order chi connectivity index (χ1) is 11.9. The molecule has 0 fully saturated rings. The van der Waals surface area contributed by atoms with Crippen LogP contribution in [0.15, 0.2) is 0 Å². The van der Waals surface area contributed by atoms with Gasteiger partial charge >= 0.3 is 0 Å². The number of rotatable bonds is 14. The zero-order valence-electron chi connectivity index (χ0n) is 17.2. The van der Waals surface area contributed by atoms with E-state index < -0.39 is 5.54 Å². The molecule has 4 N–H and O–H groups in total. The molecule has 0 spiro atoms. The van der Waals surface area contributed by atoms with Gasteiger partial charge in [-0.2, -0.15) is 0 Å². The molecule has 0 rings (SSSR count). The molecule has 0 aliphatic rings. The summed E-state index contributed by atoms with van der Waals surface area (Å²) >= 11 is 1.44. The zero-order chi connectivity index (χ0) is 20.4. The lowest BCUT2D eigenvalue weighted by molar-refractivity contribution is -0.123. The fourth-order valence-electron chi connectivity index (χ4n) is 3.39. The highest BCUT2D eigenvalue weighted by Gasteiger charge is 2.31. The quantitative estimate of drug-likeness (QED) is 0.398. The van der Waals surface area contributed by atoms with Gasteiger partial charge in [0.2, 0.25) is 11.8 Å². The Balaban J connectivity index is 4.99. The van der Waals surface area contributed by atoms with Crippen molar-refractivity contribution in [2.24, 2.45) is 11.7 Å². The minimum Gasteiger partial charge on any atom is -0.370 e. The second-order valence-electron chi connectivity index (χ2n) is 8.28. The first-order valence-electron chi connectivity index (χ1n) is 9.30. The number of nitrogens with one attached hydrogen (secondary N) is 2. The summed E-state index contributed by atoms with van der Waals surface area (Å²) in [7, 11) is 0. The fraction of sp³-hybridized carbons (Fsp3) is 0.842. The molecule has 0 aliphatic carbocycles. The molecule has 152 valence electrons. The molecule has 7 heteroatoms. The van der Waals surface area contributed by atoms with Gasteiger partial charge in [-0.05, 0) is 58.6 Å². The first kappa shape index (κ1) is 24.9. The standard InChI is InChI=1S/C19H37N3O3S/c1-14(2)13-18(4,5)21-17(25)9-12-19(22-26-6,10-7-15(3)23)11-8-16(20)24/h14,22H,7-13H2,1-6H3,(H2,20,24)(H,21,25). The molecule has 0 aromatic carbocycles. The van der Waals surface area contributed by atoms with Crippen molar-refractivity contribution >= 4 is 29.5 Å². The highest BCUT2D eigenvalue weighted by Crippen LogP contribution is 2.28. The topological polar surface area (TPSA) is 101 Å². The Bertz CT molecular complexity index is 461. The fourth-order valence-corrected chi connectivity index (χ4v) is 4.13. The van der Waals surface area contributed by atoms with E-state index in [0.717, 1.165) is 6.42 Å². The Morgan fingerprint density at radius 3 is 2.04 bits per heavy atom. The highest BCUT2D eigenvalue weighted by atomic mass is 32.2. The average Bonchev–Trinajstić information content (AvgIpc) is 2.46. The van der Waals surface area contributed by atoms with Gasteiger partial charge in [0.05, 0.1) is 0 Å². The van der Waals surface area contributed by atoms with E-state index in [1.165, 1.54) is 11.9 Å². The Hall–Kier alpha value is -1.08. The molecule has 26 heavy (non-hydrogen) atoms. The molecule has 0 radical (unpaired) electrons. The SMILES string of the molecule is CSNC(CCC(C)=O)(CCC(N)=O)CCC(=O)NC(C)(C)CC(C)C. The summed E-state index contributed by atoms with van der Waals surface area (Å²) in [5.74, 6) is 0.208. The van der Waals surface area contributed by atoms with Crippen molar-refractivity contribution in [2.75, 3.05) is 6.26 Å². The number of carbonyl (C=O) groups is 3. The van der Waals surface area contributed by atoms with Crippen LogP contribution in [-0.4, -0.2) is 34.9 Å². The maximum atomic E-state index is 12.5. The summed E-state index contributed by atoms with van der Waals surface area (Å²) in [4.78, 5) is 35.2. The maximum Gasteiger partial charge on any atom is 0.220 e. The Morgan fingerprint density at radius 2 is 1.58 bits per heavy atom. The van der Waals surface area contributed by atoms with Crippen LogP contribution in [0, 0.1) is 5.92 Å². The van der Waals surface area contributed by atoms with Gasteiger partial charge in [-0.25, -0.2) is 0 Å². The second-order valence-corrected chi connectivity index (χ2v) is 8.90. The average molecular weight is 388 g/mol. The first-order valence-corrected chi connectivity index (χ1v) is 10.5. The summed E-state index contributed by atoms with van der Waals surface area (Å²) in [5.41, 5.74) is 4.60. The van der Waals surface area contributed by atoms with Crippen LogP contribution < -0.4 is 15.8 Å². The molecule has 0 saturated carbocycles. The number of nitrogens with two attached hydrogens (primary N) is 1. The van der Waals surface area contributed by atoms with Gasteiger partial charge in [-0.15, -0.1) is 0 Å². The van der Waals surface area contributed by atoms with Gasteiger partial charge < -0.3 is 15.8 Å². The predicted octanol–water partition coefficient (Wildman–Crippen LogP) is 2.95. The number of hydrogen-bond acceptors (Lipinski definition) is 5. The van der Waals surface area contributed by atoms with E-state index in [1.54, 1.807) is 6.92 Å². The van der Waals surface area contributed by atoms with Crippen molar-refractivity contribution in [1.29, 1.82) is 0 Å². The number of carbonyl (C=O) groups excluding carboxylic acids is 3. The molecule has 0 saturated heterocycles. The molecule has 2 amide bonds. The Labute approximate surface area is 162 Å². The predicted molar refractivity (Wildman–Crippen MR) is 109 cm³/mol. The number of hydrogen-bond donors (Lipinski definition) is 3. The van der Waals surface area contributed by atoms with Crippen LogP contribution in [0.5, 0.6) is 0 Å².